The van der Waals surface area contributed by atoms with Crippen molar-refractivity contribution in [3.05, 3.63) is 48.0 Å². The van der Waals surface area contributed by atoms with Gasteiger partial charge < -0.3 is 9.84 Å². The number of ether oxygens (including phenoxy) is 1. The Bertz CT molecular complexity index is 830. The molecule has 0 saturated heterocycles. The number of aliphatic carboxylic acids is 1. The molecule has 1 aliphatic heterocycles. The molecule has 1 atom stereocenters. The summed E-state index contributed by atoms with van der Waals surface area (Å²) in [5.41, 5.74) is 2.51. The highest BCUT2D eigenvalue weighted by Gasteiger charge is 2.38. The van der Waals surface area contributed by atoms with E-state index in [9.17, 15) is 14.7 Å². The van der Waals surface area contributed by atoms with Crippen LogP contribution in [0.25, 0.3) is 11.1 Å². The number of nitrogens with zero attached hydrogens (tertiary/aromatic N) is 3. The van der Waals surface area contributed by atoms with E-state index in [-0.39, 0.29) is 6.54 Å². The molecule has 0 aliphatic carbocycles. The minimum Gasteiger partial charge on any atom is -0.479 e. The predicted molar refractivity (Wildman–Crippen MR) is 94.5 cm³/mol. The van der Waals surface area contributed by atoms with Crippen LogP contribution < -0.4 is 0 Å². The highest BCUT2D eigenvalue weighted by molar-refractivity contribution is 5.84. The highest BCUT2D eigenvalue weighted by atomic mass is 16.6. The molecule has 136 valence electrons. The fourth-order valence-corrected chi connectivity index (χ4v) is 3.16. The summed E-state index contributed by atoms with van der Waals surface area (Å²) in [5, 5.41) is 9.79. The lowest BCUT2D eigenvalue weighted by Crippen LogP contribution is -2.45. The Morgan fingerprint density at radius 3 is 2.54 bits per heavy atom. The van der Waals surface area contributed by atoms with Crippen molar-refractivity contribution in [3.63, 3.8) is 0 Å². The summed E-state index contributed by atoms with van der Waals surface area (Å²) in [4.78, 5) is 33.8. The van der Waals surface area contributed by atoms with Gasteiger partial charge in [-0.2, -0.15) is 0 Å². The van der Waals surface area contributed by atoms with Gasteiger partial charge in [0.15, 0.2) is 6.04 Å². The zero-order valence-corrected chi connectivity index (χ0v) is 15.0. The largest absolute Gasteiger partial charge is 0.479 e. The third-order valence-corrected chi connectivity index (χ3v) is 4.15. The van der Waals surface area contributed by atoms with E-state index in [1.807, 2.05) is 6.07 Å². The van der Waals surface area contributed by atoms with E-state index >= 15 is 0 Å². The molecule has 2 aromatic rings. The van der Waals surface area contributed by atoms with Crippen LogP contribution in [0.5, 0.6) is 0 Å². The molecule has 1 aromatic carbocycles. The number of aromatic nitrogens is 2. The molecule has 1 aliphatic rings. The predicted octanol–water partition coefficient (Wildman–Crippen LogP) is 3.06. The Hall–Kier alpha value is -2.96. The number of fused-ring (bicyclic) bond motifs is 1. The van der Waals surface area contributed by atoms with Crippen molar-refractivity contribution in [1.82, 2.24) is 14.9 Å². The number of benzene rings is 1. The molecule has 2 heterocycles. The fourth-order valence-electron chi connectivity index (χ4n) is 3.16. The van der Waals surface area contributed by atoms with Gasteiger partial charge in [0.1, 0.15) is 11.9 Å². The number of carbonyl (C=O) groups is 2. The number of carbonyl (C=O) groups excluding carboxylic acids is 1. The Morgan fingerprint density at radius 1 is 1.23 bits per heavy atom. The molecule has 1 amide bonds. The number of amides is 1. The van der Waals surface area contributed by atoms with Gasteiger partial charge >= 0.3 is 12.1 Å². The van der Waals surface area contributed by atoms with Crippen molar-refractivity contribution in [2.45, 2.75) is 38.8 Å². The first kappa shape index (κ1) is 17.8. The number of hydrogen-bond acceptors (Lipinski definition) is 5. The standard InChI is InChI=1S/C19H21N3O4/c1-19(2,3)26-18(25)22-8-7-14-13(12-9-20-11-21-10-12)5-4-6-15(14)16(22)17(23)24/h4-6,9-11,16H,7-8H2,1-3H3,(H,23,24). The fraction of sp³-hybridized carbons (Fsp3) is 0.368. The molecule has 7 heteroatoms. The summed E-state index contributed by atoms with van der Waals surface area (Å²) in [7, 11) is 0. The van der Waals surface area contributed by atoms with Crippen LogP contribution in [0.15, 0.2) is 36.9 Å². The second-order valence-electron chi connectivity index (χ2n) is 7.17. The van der Waals surface area contributed by atoms with Gasteiger partial charge in [0.2, 0.25) is 0 Å². The Kier molecular flexibility index (Phi) is 4.63. The number of carboxylic acid groups (broad SMARTS) is 1. The van der Waals surface area contributed by atoms with Gasteiger partial charge in [0.25, 0.3) is 0 Å². The van der Waals surface area contributed by atoms with Gasteiger partial charge in [-0.05, 0) is 43.9 Å². The van der Waals surface area contributed by atoms with Crippen molar-refractivity contribution in [3.8, 4) is 11.1 Å². The quantitative estimate of drug-likeness (QED) is 0.890. The maximum Gasteiger partial charge on any atom is 0.411 e. The highest BCUT2D eigenvalue weighted by Crippen LogP contribution is 2.36. The lowest BCUT2D eigenvalue weighted by atomic mass is 9.87. The van der Waals surface area contributed by atoms with Crippen LogP contribution in [0, 0.1) is 0 Å². The SMILES string of the molecule is CC(C)(C)OC(=O)N1CCc2c(-c3cncnc3)cccc2C1C(=O)O. The molecule has 3 rings (SSSR count). The lowest BCUT2D eigenvalue weighted by molar-refractivity contribution is -0.143. The average molecular weight is 355 g/mol. The lowest BCUT2D eigenvalue weighted by Gasteiger charge is -2.36. The molecule has 26 heavy (non-hydrogen) atoms. The molecule has 0 radical (unpaired) electrons. The normalized spacial score (nSPS) is 16.7. The molecular weight excluding hydrogens is 334 g/mol. The molecule has 7 nitrogen and oxygen atoms in total. The second-order valence-corrected chi connectivity index (χ2v) is 7.17. The van der Waals surface area contributed by atoms with Crippen LogP contribution in [0.4, 0.5) is 4.79 Å². The maximum atomic E-state index is 12.5. The number of rotatable bonds is 2. The summed E-state index contributed by atoms with van der Waals surface area (Å²) >= 11 is 0. The second kappa shape index (κ2) is 6.74. The summed E-state index contributed by atoms with van der Waals surface area (Å²) in [6, 6.07) is 4.37. The van der Waals surface area contributed by atoms with Crippen molar-refractivity contribution >= 4 is 12.1 Å². The monoisotopic (exact) mass is 355 g/mol. The van der Waals surface area contributed by atoms with Crippen molar-refractivity contribution in [2.24, 2.45) is 0 Å². The third-order valence-electron chi connectivity index (χ3n) is 4.15. The van der Waals surface area contributed by atoms with E-state index in [0.29, 0.717) is 12.0 Å². The van der Waals surface area contributed by atoms with Gasteiger partial charge in [0, 0.05) is 24.5 Å². The molecule has 0 fully saturated rings. The van der Waals surface area contributed by atoms with Gasteiger partial charge in [-0.15, -0.1) is 0 Å². The van der Waals surface area contributed by atoms with Crippen LogP contribution in [-0.4, -0.2) is 44.2 Å². The first-order chi connectivity index (χ1) is 12.3. The zero-order chi connectivity index (χ0) is 18.9. The van der Waals surface area contributed by atoms with E-state index in [0.717, 1.165) is 16.7 Å². The van der Waals surface area contributed by atoms with E-state index in [4.69, 9.17) is 4.74 Å². The minimum absolute atomic E-state index is 0.267. The molecule has 0 saturated carbocycles. The topological polar surface area (TPSA) is 92.6 Å². The number of carboxylic acids is 1. The van der Waals surface area contributed by atoms with Gasteiger partial charge in [-0.1, -0.05) is 18.2 Å². The summed E-state index contributed by atoms with van der Waals surface area (Å²) in [5.74, 6) is -1.08. The molecular formula is C19H21N3O4. The first-order valence-electron chi connectivity index (χ1n) is 8.37. The Morgan fingerprint density at radius 2 is 1.92 bits per heavy atom. The molecule has 1 unspecified atom stereocenters. The third kappa shape index (κ3) is 3.51. The van der Waals surface area contributed by atoms with E-state index in [2.05, 4.69) is 9.97 Å². The van der Waals surface area contributed by atoms with Crippen LogP contribution in [0.1, 0.15) is 37.9 Å². The van der Waals surface area contributed by atoms with Gasteiger partial charge in [0.05, 0.1) is 0 Å². The summed E-state index contributed by atoms with van der Waals surface area (Å²) in [6.45, 7) is 5.54. The zero-order valence-electron chi connectivity index (χ0n) is 15.0. The number of hydrogen-bond donors (Lipinski definition) is 1. The van der Waals surface area contributed by atoms with Crippen molar-refractivity contribution in [1.29, 1.82) is 0 Å². The van der Waals surface area contributed by atoms with Crippen LogP contribution in [0.3, 0.4) is 0 Å². The van der Waals surface area contributed by atoms with E-state index in [1.54, 1.807) is 45.3 Å². The van der Waals surface area contributed by atoms with E-state index < -0.39 is 23.7 Å². The van der Waals surface area contributed by atoms with Crippen LogP contribution in [0.2, 0.25) is 0 Å². The maximum absolute atomic E-state index is 12.5. The average Bonchev–Trinajstić information content (AvgIpc) is 2.59. The molecule has 1 N–H and O–H groups in total. The van der Waals surface area contributed by atoms with Gasteiger partial charge in [-0.3, -0.25) is 4.90 Å². The molecule has 0 spiro atoms. The minimum atomic E-state index is -1.09. The summed E-state index contributed by atoms with van der Waals surface area (Å²) < 4.78 is 5.39. The van der Waals surface area contributed by atoms with Gasteiger partial charge in [-0.25, -0.2) is 19.6 Å². The van der Waals surface area contributed by atoms with Crippen molar-refractivity contribution < 1.29 is 19.4 Å². The Balaban J connectivity index is 2.03. The van der Waals surface area contributed by atoms with E-state index in [1.165, 1.54) is 11.2 Å². The van der Waals surface area contributed by atoms with Crippen molar-refractivity contribution in [2.75, 3.05) is 6.54 Å². The molecule has 1 aromatic heterocycles. The summed E-state index contributed by atoms with van der Waals surface area (Å²) in [6.07, 6.45) is 4.74. The smallest absolute Gasteiger partial charge is 0.411 e. The molecule has 0 bridgehead atoms. The van der Waals surface area contributed by atoms with Crippen LogP contribution in [-0.2, 0) is 16.0 Å². The van der Waals surface area contributed by atoms with Crippen LogP contribution >= 0.6 is 0 Å². The Labute approximate surface area is 151 Å². The first-order valence-corrected chi connectivity index (χ1v) is 8.37.